The Bertz CT molecular complexity index is 831. The van der Waals surface area contributed by atoms with E-state index in [-0.39, 0.29) is 18.0 Å². The summed E-state index contributed by atoms with van der Waals surface area (Å²) in [5.41, 5.74) is 3.65. The predicted octanol–water partition coefficient (Wildman–Crippen LogP) is 3.11. The molecular weight excluding hydrogens is 342 g/mol. The van der Waals surface area contributed by atoms with Crippen molar-refractivity contribution in [3.8, 4) is 5.75 Å². The van der Waals surface area contributed by atoms with Gasteiger partial charge < -0.3 is 20.3 Å². The van der Waals surface area contributed by atoms with Crippen molar-refractivity contribution >= 4 is 17.6 Å². The number of anilines is 1. The molecule has 6 heteroatoms. The monoisotopic (exact) mass is 367 g/mol. The summed E-state index contributed by atoms with van der Waals surface area (Å²) in [6, 6.07) is 13.0. The van der Waals surface area contributed by atoms with E-state index in [4.69, 9.17) is 4.74 Å². The number of hydrogen-bond donors (Lipinski definition) is 2. The zero-order valence-electron chi connectivity index (χ0n) is 15.9. The van der Waals surface area contributed by atoms with Crippen molar-refractivity contribution in [2.75, 3.05) is 18.6 Å². The Balaban J connectivity index is 1.73. The smallest absolute Gasteiger partial charge is 0.315 e. The third-order valence-corrected chi connectivity index (χ3v) is 4.50. The summed E-state index contributed by atoms with van der Waals surface area (Å²) in [5, 5.41) is 5.64. The summed E-state index contributed by atoms with van der Waals surface area (Å²) >= 11 is 0. The van der Waals surface area contributed by atoms with Crippen LogP contribution in [0.2, 0.25) is 0 Å². The van der Waals surface area contributed by atoms with Gasteiger partial charge in [0, 0.05) is 30.4 Å². The highest BCUT2D eigenvalue weighted by molar-refractivity contribution is 6.07. The summed E-state index contributed by atoms with van der Waals surface area (Å²) in [6.45, 7) is 4.90. The van der Waals surface area contributed by atoms with Gasteiger partial charge in [0.15, 0.2) is 0 Å². The van der Waals surface area contributed by atoms with E-state index in [2.05, 4.69) is 10.6 Å². The van der Waals surface area contributed by atoms with Gasteiger partial charge in [-0.2, -0.15) is 0 Å². The topological polar surface area (TPSA) is 70.7 Å². The molecule has 27 heavy (non-hydrogen) atoms. The minimum Gasteiger partial charge on any atom is -0.497 e. The number of amides is 3. The van der Waals surface area contributed by atoms with Crippen molar-refractivity contribution in [1.29, 1.82) is 0 Å². The Morgan fingerprint density at radius 3 is 2.56 bits per heavy atom. The average Bonchev–Trinajstić information content (AvgIpc) is 3.08. The second kappa shape index (κ2) is 8.12. The molecule has 0 saturated carbocycles. The van der Waals surface area contributed by atoms with Gasteiger partial charge in [0.2, 0.25) is 0 Å². The number of carbonyl (C=O) groups excluding carboxylic acids is 2. The molecule has 2 N–H and O–H groups in total. The van der Waals surface area contributed by atoms with Crippen molar-refractivity contribution in [2.24, 2.45) is 0 Å². The fourth-order valence-corrected chi connectivity index (χ4v) is 3.13. The lowest BCUT2D eigenvalue weighted by atomic mass is 10.1. The Hall–Kier alpha value is -3.02. The number of methoxy groups -OCH3 is 1. The van der Waals surface area contributed by atoms with Gasteiger partial charge in [0.05, 0.1) is 7.11 Å². The summed E-state index contributed by atoms with van der Waals surface area (Å²) < 4.78 is 5.15. The number of fused-ring (bicyclic) bond motifs is 1. The van der Waals surface area contributed by atoms with E-state index in [1.165, 1.54) is 0 Å². The number of rotatable bonds is 5. The molecule has 0 atom stereocenters. The van der Waals surface area contributed by atoms with Crippen LogP contribution in [-0.2, 0) is 13.0 Å². The van der Waals surface area contributed by atoms with Crippen molar-refractivity contribution < 1.29 is 14.3 Å². The average molecular weight is 367 g/mol. The van der Waals surface area contributed by atoms with E-state index >= 15 is 0 Å². The Morgan fingerprint density at radius 2 is 1.89 bits per heavy atom. The summed E-state index contributed by atoms with van der Waals surface area (Å²) in [4.78, 5) is 26.5. The molecule has 1 aliphatic heterocycles. The zero-order valence-corrected chi connectivity index (χ0v) is 15.9. The van der Waals surface area contributed by atoms with Gasteiger partial charge in [0.25, 0.3) is 5.91 Å². The Morgan fingerprint density at radius 1 is 1.15 bits per heavy atom. The second-order valence-corrected chi connectivity index (χ2v) is 6.88. The molecule has 0 unspecified atom stereocenters. The van der Waals surface area contributed by atoms with Crippen LogP contribution in [0.3, 0.4) is 0 Å². The number of nitrogens with zero attached hydrogens (tertiary/aromatic N) is 1. The quantitative estimate of drug-likeness (QED) is 0.853. The first-order valence-electron chi connectivity index (χ1n) is 9.10. The van der Waals surface area contributed by atoms with E-state index in [0.29, 0.717) is 18.7 Å². The van der Waals surface area contributed by atoms with Gasteiger partial charge in [-0.05, 0) is 61.7 Å². The van der Waals surface area contributed by atoms with E-state index in [1.54, 1.807) is 36.3 Å². The maximum atomic E-state index is 12.9. The first-order valence-corrected chi connectivity index (χ1v) is 9.10. The Labute approximate surface area is 159 Å². The third-order valence-electron chi connectivity index (χ3n) is 4.50. The number of ether oxygens (including phenoxy) is 1. The van der Waals surface area contributed by atoms with Gasteiger partial charge in [-0.1, -0.05) is 12.1 Å². The molecule has 2 aromatic rings. The molecule has 0 radical (unpaired) electrons. The molecular formula is C21H25N3O3. The molecule has 3 rings (SSSR count). The number of carbonyl (C=O) groups is 2. The third kappa shape index (κ3) is 4.39. The fourth-order valence-electron chi connectivity index (χ4n) is 3.13. The molecule has 6 nitrogen and oxygen atoms in total. The maximum Gasteiger partial charge on any atom is 0.315 e. The van der Waals surface area contributed by atoms with Crippen molar-refractivity contribution in [2.45, 2.75) is 32.9 Å². The van der Waals surface area contributed by atoms with Crippen LogP contribution in [-0.4, -0.2) is 31.6 Å². The number of benzene rings is 2. The van der Waals surface area contributed by atoms with Gasteiger partial charge in [-0.15, -0.1) is 0 Å². The molecule has 2 aromatic carbocycles. The van der Waals surface area contributed by atoms with Gasteiger partial charge in [-0.3, -0.25) is 4.79 Å². The fraction of sp³-hybridized carbons (Fsp3) is 0.333. The van der Waals surface area contributed by atoms with E-state index in [1.807, 2.05) is 32.0 Å². The highest BCUT2D eigenvalue weighted by Crippen LogP contribution is 2.30. The zero-order chi connectivity index (χ0) is 19.4. The van der Waals surface area contributed by atoms with Crippen molar-refractivity contribution in [1.82, 2.24) is 10.6 Å². The van der Waals surface area contributed by atoms with Crippen molar-refractivity contribution in [3.05, 3.63) is 59.2 Å². The lowest BCUT2D eigenvalue weighted by Gasteiger charge is -2.18. The Kier molecular flexibility index (Phi) is 5.64. The van der Waals surface area contributed by atoms with Crippen LogP contribution in [0.25, 0.3) is 0 Å². The minimum absolute atomic E-state index is 0.0286. The molecule has 1 aliphatic rings. The van der Waals surface area contributed by atoms with E-state index < -0.39 is 0 Å². The largest absolute Gasteiger partial charge is 0.497 e. The van der Waals surface area contributed by atoms with Crippen LogP contribution in [0.15, 0.2) is 42.5 Å². The first-order chi connectivity index (χ1) is 13.0. The van der Waals surface area contributed by atoms with Crippen molar-refractivity contribution in [3.63, 3.8) is 0 Å². The van der Waals surface area contributed by atoms with Crippen LogP contribution in [0.1, 0.15) is 35.3 Å². The highest BCUT2D eigenvalue weighted by atomic mass is 16.5. The first kappa shape index (κ1) is 18.8. The standard InChI is InChI=1S/C21H25N3O3/c1-14(2)23-21(26)22-13-15-4-5-16-10-11-24(19(16)12-15)20(25)17-6-8-18(27-3)9-7-17/h4-9,12,14H,10-11,13H2,1-3H3,(H2,22,23,26). The molecule has 0 aliphatic carbocycles. The lowest BCUT2D eigenvalue weighted by molar-refractivity contribution is 0.0989. The lowest BCUT2D eigenvalue weighted by Crippen LogP contribution is -2.39. The van der Waals surface area contributed by atoms with Crippen LogP contribution in [0.4, 0.5) is 10.5 Å². The van der Waals surface area contributed by atoms with Crippen LogP contribution >= 0.6 is 0 Å². The van der Waals surface area contributed by atoms with Gasteiger partial charge in [-0.25, -0.2) is 4.79 Å². The number of nitrogens with one attached hydrogen (secondary N) is 2. The summed E-state index contributed by atoms with van der Waals surface area (Å²) in [7, 11) is 1.60. The van der Waals surface area contributed by atoms with E-state index in [9.17, 15) is 9.59 Å². The molecule has 0 spiro atoms. The second-order valence-electron chi connectivity index (χ2n) is 6.88. The maximum absolute atomic E-state index is 12.9. The SMILES string of the molecule is COc1ccc(C(=O)N2CCc3ccc(CNC(=O)NC(C)C)cc32)cc1. The predicted molar refractivity (Wildman–Crippen MR) is 105 cm³/mol. The molecule has 0 bridgehead atoms. The highest BCUT2D eigenvalue weighted by Gasteiger charge is 2.25. The molecule has 0 saturated heterocycles. The summed E-state index contributed by atoms with van der Waals surface area (Å²) in [6.07, 6.45) is 0.832. The van der Waals surface area contributed by atoms with Crippen LogP contribution < -0.4 is 20.3 Å². The van der Waals surface area contributed by atoms with E-state index in [0.717, 1.165) is 29.0 Å². The normalized spacial score (nSPS) is 12.7. The summed E-state index contributed by atoms with van der Waals surface area (Å²) in [5.74, 6) is 0.695. The molecule has 3 amide bonds. The number of hydrogen-bond acceptors (Lipinski definition) is 3. The number of urea groups is 1. The molecule has 1 heterocycles. The minimum atomic E-state index is -0.198. The molecule has 142 valence electrons. The molecule has 0 fully saturated rings. The van der Waals surface area contributed by atoms with Gasteiger partial charge in [0.1, 0.15) is 5.75 Å². The van der Waals surface area contributed by atoms with Crippen LogP contribution in [0, 0.1) is 0 Å². The van der Waals surface area contributed by atoms with Crippen LogP contribution in [0.5, 0.6) is 5.75 Å². The van der Waals surface area contributed by atoms with Gasteiger partial charge >= 0.3 is 6.03 Å². The molecule has 0 aromatic heterocycles.